The van der Waals surface area contributed by atoms with E-state index in [2.05, 4.69) is 9.97 Å². The Hall–Kier alpha value is -2.07. The molecule has 2 aliphatic heterocycles. The van der Waals surface area contributed by atoms with Crippen LogP contribution in [0.3, 0.4) is 0 Å². The summed E-state index contributed by atoms with van der Waals surface area (Å²) in [5.41, 5.74) is -0.439. The van der Waals surface area contributed by atoms with Crippen LogP contribution in [0.2, 0.25) is 0 Å². The van der Waals surface area contributed by atoms with E-state index in [0.717, 1.165) is 0 Å². The summed E-state index contributed by atoms with van der Waals surface area (Å²) in [5.74, 6) is -0.859. The number of nitrogens with zero attached hydrogens (tertiary/aromatic N) is 5. The van der Waals surface area contributed by atoms with E-state index in [1.807, 2.05) is 16.8 Å². The Kier molecular flexibility index (Phi) is 3.42. The van der Waals surface area contributed by atoms with Crippen LogP contribution in [0.4, 0.5) is 10.2 Å². The Labute approximate surface area is 143 Å². The third-order valence-corrected chi connectivity index (χ3v) is 6.78. The molecular formula is C15H18FN5O3S. The van der Waals surface area contributed by atoms with Crippen LogP contribution in [0, 0.1) is 12.7 Å². The second-order valence-electron chi connectivity index (χ2n) is 6.71. The summed E-state index contributed by atoms with van der Waals surface area (Å²) in [6, 6.07) is -0.390. The molecule has 25 heavy (non-hydrogen) atoms. The van der Waals surface area contributed by atoms with Crippen LogP contribution >= 0.6 is 0 Å². The number of fused-ring (bicyclic) bond motifs is 2. The molecule has 10 heteroatoms. The van der Waals surface area contributed by atoms with Gasteiger partial charge in [0.15, 0.2) is 15.7 Å². The highest BCUT2D eigenvalue weighted by molar-refractivity contribution is 7.91. The van der Waals surface area contributed by atoms with Gasteiger partial charge in [0, 0.05) is 26.7 Å². The van der Waals surface area contributed by atoms with Crippen LogP contribution in [0.1, 0.15) is 5.69 Å². The molecule has 0 radical (unpaired) electrons. The number of sulfone groups is 1. The molecule has 8 nitrogen and oxygen atoms in total. The Morgan fingerprint density at radius 1 is 1.20 bits per heavy atom. The fourth-order valence-electron chi connectivity index (χ4n) is 3.66. The van der Waals surface area contributed by atoms with Crippen molar-refractivity contribution in [1.82, 2.24) is 19.4 Å². The Bertz CT molecular complexity index is 1070. The molecule has 1 fully saturated rings. The predicted molar refractivity (Wildman–Crippen MR) is 90.2 cm³/mol. The normalized spacial score (nSPS) is 22.7. The van der Waals surface area contributed by atoms with Crippen LogP contribution in [0.15, 0.2) is 9.69 Å². The highest BCUT2D eigenvalue weighted by Crippen LogP contribution is 2.37. The third-order valence-electron chi connectivity index (χ3n) is 4.95. The number of rotatable bonds is 0. The second-order valence-corrected chi connectivity index (χ2v) is 8.68. The van der Waals surface area contributed by atoms with Gasteiger partial charge in [0.05, 0.1) is 22.9 Å². The summed E-state index contributed by atoms with van der Waals surface area (Å²) >= 11 is 0. The number of likely N-dealkylation sites (N-methyl/N-ethyl adjacent to an activating group) is 1. The minimum atomic E-state index is -3.90. The highest BCUT2D eigenvalue weighted by Gasteiger charge is 2.40. The molecule has 0 aromatic carbocycles. The number of anilines is 1. The molecule has 0 N–H and O–H groups in total. The van der Waals surface area contributed by atoms with Gasteiger partial charge >= 0.3 is 5.69 Å². The average Bonchev–Trinajstić information content (AvgIpc) is 2.61. The van der Waals surface area contributed by atoms with Gasteiger partial charge in [0.25, 0.3) is 0 Å². The molecule has 1 unspecified atom stereocenters. The first kappa shape index (κ1) is 16.4. The van der Waals surface area contributed by atoms with Crippen molar-refractivity contribution < 1.29 is 12.8 Å². The summed E-state index contributed by atoms with van der Waals surface area (Å²) in [5, 5.41) is 0.109. The van der Waals surface area contributed by atoms with E-state index in [4.69, 9.17) is 0 Å². The summed E-state index contributed by atoms with van der Waals surface area (Å²) in [7, 11) is -0.536. The van der Waals surface area contributed by atoms with Crippen molar-refractivity contribution in [3.8, 4) is 0 Å². The number of pyridine rings is 1. The van der Waals surface area contributed by atoms with E-state index in [9.17, 15) is 17.6 Å². The number of aryl methyl sites for hydroxylation is 2. The number of hydrogen-bond donors (Lipinski definition) is 0. The van der Waals surface area contributed by atoms with Crippen molar-refractivity contribution in [3.05, 3.63) is 22.0 Å². The zero-order valence-electron chi connectivity index (χ0n) is 14.2. The largest absolute Gasteiger partial charge is 0.350 e. The van der Waals surface area contributed by atoms with Crippen LogP contribution in [-0.2, 0) is 16.9 Å². The second kappa shape index (κ2) is 5.21. The monoisotopic (exact) mass is 367 g/mol. The van der Waals surface area contributed by atoms with E-state index in [1.165, 1.54) is 18.5 Å². The van der Waals surface area contributed by atoms with Crippen LogP contribution in [0.5, 0.6) is 0 Å². The zero-order chi connectivity index (χ0) is 18.1. The molecule has 0 bridgehead atoms. The van der Waals surface area contributed by atoms with Crippen molar-refractivity contribution in [2.45, 2.75) is 17.9 Å². The lowest BCUT2D eigenvalue weighted by molar-refractivity contribution is 0.276. The molecule has 0 spiro atoms. The Morgan fingerprint density at radius 3 is 2.64 bits per heavy atom. The smallest absolute Gasteiger partial charge is 0.349 e. The molecule has 0 saturated carbocycles. The topological polar surface area (TPSA) is 88.4 Å². The standard InChI is InChI=1S/C15H18FN5O3S/c1-8-11(16)12-10-13(17-8)20(3)15(22)18-14(10)21-5-4-19(2)6-9(21)7-25(12,23)24/h9H,4-7H2,1-3H3. The minimum Gasteiger partial charge on any atom is -0.349 e. The lowest BCUT2D eigenvalue weighted by Crippen LogP contribution is -2.54. The molecule has 1 saturated heterocycles. The zero-order valence-corrected chi connectivity index (χ0v) is 15.0. The van der Waals surface area contributed by atoms with Crippen molar-refractivity contribution in [3.63, 3.8) is 0 Å². The predicted octanol–water partition coefficient (Wildman–Crippen LogP) is -0.316. The minimum absolute atomic E-state index is 0.0461. The van der Waals surface area contributed by atoms with Crippen LogP contribution < -0.4 is 10.6 Å². The molecule has 0 aliphatic carbocycles. The molecule has 0 amide bonds. The molecule has 2 aliphatic rings. The van der Waals surface area contributed by atoms with Gasteiger partial charge in [-0.05, 0) is 14.0 Å². The summed E-state index contributed by atoms with van der Waals surface area (Å²) in [6.45, 7) is 3.12. The number of piperazine rings is 1. The maximum Gasteiger partial charge on any atom is 0.350 e. The van der Waals surface area contributed by atoms with E-state index >= 15 is 0 Å². The van der Waals surface area contributed by atoms with E-state index in [-0.39, 0.29) is 33.2 Å². The maximum atomic E-state index is 14.8. The first-order valence-corrected chi connectivity index (χ1v) is 9.60. The molecule has 134 valence electrons. The highest BCUT2D eigenvalue weighted by atomic mass is 32.2. The van der Waals surface area contributed by atoms with Crippen molar-refractivity contribution in [2.24, 2.45) is 7.05 Å². The molecular weight excluding hydrogens is 349 g/mol. The molecule has 2 aromatic rings. The van der Waals surface area contributed by atoms with Crippen molar-refractivity contribution >= 4 is 26.7 Å². The van der Waals surface area contributed by atoms with Gasteiger partial charge < -0.3 is 9.80 Å². The number of halogens is 1. The fourth-order valence-corrected chi connectivity index (χ4v) is 5.54. The lowest BCUT2D eigenvalue weighted by Gasteiger charge is -2.39. The fraction of sp³-hybridized carbons (Fsp3) is 0.533. The summed E-state index contributed by atoms with van der Waals surface area (Å²) < 4.78 is 42.0. The average molecular weight is 367 g/mol. The first-order chi connectivity index (χ1) is 11.7. The molecule has 4 heterocycles. The number of hydrogen-bond acceptors (Lipinski definition) is 7. The maximum absolute atomic E-state index is 14.8. The van der Waals surface area contributed by atoms with E-state index in [1.54, 1.807) is 0 Å². The first-order valence-electron chi connectivity index (χ1n) is 7.95. The Balaban J connectivity index is 2.19. The summed E-state index contributed by atoms with van der Waals surface area (Å²) in [4.78, 5) is 24.0. The van der Waals surface area contributed by atoms with Crippen LogP contribution in [-0.4, -0.2) is 66.3 Å². The summed E-state index contributed by atoms with van der Waals surface area (Å²) in [6.07, 6.45) is 0. The Morgan fingerprint density at radius 2 is 1.92 bits per heavy atom. The van der Waals surface area contributed by atoms with Gasteiger partial charge in [-0.2, -0.15) is 4.98 Å². The van der Waals surface area contributed by atoms with Gasteiger partial charge in [-0.1, -0.05) is 0 Å². The molecule has 2 aromatic heterocycles. The quantitative estimate of drug-likeness (QED) is 0.631. The van der Waals surface area contributed by atoms with Gasteiger partial charge in [0.1, 0.15) is 16.4 Å². The van der Waals surface area contributed by atoms with Gasteiger partial charge in [-0.15, -0.1) is 0 Å². The van der Waals surface area contributed by atoms with Crippen molar-refractivity contribution in [1.29, 1.82) is 0 Å². The van der Waals surface area contributed by atoms with Gasteiger partial charge in [-0.25, -0.2) is 22.6 Å². The van der Waals surface area contributed by atoms with Crippen LogP contribution in [0.25, 0.3) is 11.0 Å². The van der Waals surface area contributed by atoms with E-state index in [0.29, 0.717) is 19.6 Å². The van der Waals surface area contributed by atoms with Gasteiger partial charge in [-0.3, -0.25) is 4.57 Å². The number of aromatic nitrogens is 3. The van der Waals surface area contributed by atoms with Gasteiger partial charge in [0.2, 0.25) is 0 Å². The third kappa shape index (κ3) is 2.27. The van der Waals surface area contributed by atoms with Crippen molar-refractivity contribution in [2.75, 3.05) is 37.3 Å². The lowest BCUT2D eigenvalue weighted by atomic mass is 10.1. The van der Waals surface area contributed by atoms with E-state index < -0.39 is 27.4 Å². The SMILES string of the molecule is Cc1nc2c3c(nc(=O)n2C)N2CCN(C)CC2CS(=O)(=O)c3c1F. The molecule has 4 rings (SSSR count). The molecule has 1 atom stereocenters.